The van der Waals surface area contributed by atoms with Crippen LogP contribution in [-0.4, -0.2) is 22.6 Å². The summed E-state index contributed by atoms with van der Waals surface area (Å²) in [5.41, 5.74) is 3.14. The minimum absolute atomic E-state index is 0.221. The predicted molar refractivity (Wildman–Crippen MR) is 70.2 cm³/mol. The molecule has 2 aromatic rings. The number of aromatic nitrogens is 2. The van der Waals surface area contributed by atoms with Crippen LogP contribution in [0.15, 0.2) is 36.7 Å². The van der Waals surface area contributed by atoms with Crippen molar-refractivity contribution in [2.24, 2.45) is 5.92 Å². The summed E-state index contributed by atoms with van der Waals surface area (Å²) in [4.78, 5) is 13.7. The highest BCUT2D eigenvalue weighted by atomic mass is 16.2. The molecule has 2 heterocycles. The van der Waals surface area contributed by atoms with Gasteiger partial charge in [0.25, 0.3) is 0 Å². The largest absolute Gasteiger partial charge is 0.312 e. The van der Waals surface area contributed by atoms with Crippen LogP contribution in [0.25, 0.3) is 11.1 Å². The van der Waals surface area contributed by atoms with Crippen molar-refractivity contribution in [2.45, 2.75) is 13.3 Å². The standard InChI is InChI=1S/C14H15N3O/c1-10-6-14(18)17(9-10)13-4-2-11(3-5-13)12-7-15-16-8-12/h2-5,7-8,10H,6,9H2,1H3,(H,15,16). The van der Waals surface area contributed by atoms with E-state index in [2.05, 4.69) is 17.1 Å². The average Bonchev–Trinajstić information content (AvgIpc) is 2.99. The smallest absolute Gasteiger partial charge is 0.227 e. The van der Waals surface area contributed by atoms with E-state index >= 15 is 0 Å². The van der Waals surface area contributed by atoms with E-state index in [0.29, 0.717) is 12.3 Å². The highest BCUT2D eigenvalue weighted by molar-refractivity contribution is 5.95. The van der Waals surface area contributed by atoms with Crippen molar-refractivity contribution in [3.8, 4) is 11.1 Å². The number of amides is 1. The van der Waals surface area contributed by atoms with E-state index in [4.69, 9.17) is 0 Å². The van der Waals surface area contributed by atoms with Crippen LogP contribution >= 0.6 is 0 Å². The third-order valence-corrected chi connectivity index (χ3v) is 3.33. The number of hydrogen-bond acceptors (Lipinski definition) is 2. The number of nitrogens with one attached hydrogen (secondary N) is 1. The fourth-order valence-corrected chi connectivity index (χ4v) is 2.38. The number of aromatic amines is 1. The van der Waals surface area contributed by atoms with Crippen LogP contribution in [0.5, 0.6) is 0 Å². The van der Waals surface area contributed by atoms with E-state index in [0.717, 1.165) is 23.4 Å². The first-order valence-corrected chi connectivity index (χ1v) is 6.13. The normalized spacial score (nSPS) is 19.5. The van der Waals surface area contributed by atoms with Crippen molar-refractivity contribution in [1.82, 2.24) is 10.2 Å². The van der Waals surface area contributed by atoms with Crippen molar-refractivity contribution in [1.29, 1.82) is 0 Å². The van der Waals surface area contributed by atoms with Crippen LogP contribution in [0.4, 0.5) is 5.69 Å². The maximum atomic E-state index is 11.8. The van der Waals surface area contributed by atoms with Crippen molar-refractivity contribution < 1.29 is 4.79 Å². The van der Waals surface area contributed by atoms with E-state index in [-0.39, 0.29) is 5.91 Å². The molecule has 1 aliphatic heterocycles. The lowest BCUT2D eigenvalue weighted by molar-refractivity contribution is -0.117. The second-order valence-electron chi connectivity index (χ2n) is 4.85. The summed E-state index contributed by atoms with van der Waals surface area (Å²) in [6, 6.07) is 8.05. The summed E-state index contributed by atoms with van der Waals surface area (Å²) in [7, 11) is 0. The molecule has 0 spiro atoms. The van der Waals surface area contributed by atoms with Gasteiger partial charge in [0, 0.05) is 30.4 Å². The first-order chi connectivity index (χ1) is 8.74. The van der Waals surface area contributed by atoms with Gasteiger partial charge >= 0.3 is 0 Å². The molecule has 1 aliphatic rings. The van der Waals surface area contributed by atoms with Crippen LogP contribution in [0, 0.1) is 5.92 Å². The molecule has 1 saturated heterocycles. The van der Waals surface area contributed by atoms with Crippen LogP contribution in [0.3, 0.4) is 0 Å². The lowest BCUT2D eigenvalue weighted by Crippen LogP contribution is -2.24. The summed E-state index contributed by atoms with van der Waals surface area (Å²) < 4.78 is 0. The lowest BCUT2D eigenvalue weighted by Gasteiger charge is -2.16. The maximum absolute atomic E-state index is 11.8. The molecule has 0 saturated carbocycles. The Morgan fingerprint density at radius 1 is 1.28 bits per heavy atom. The summed E-state index contributed by atoms with van der Waals surface area (Å²) in [6.07, 6.45) is 4.31. The molecular formula is C14H15N3O. The molecule has 92 valence electrons. The van der Waals surface area contributed by atoms with E-state index in [1.165, 1.54) is 0 Å². The summed E-state index contributed by atoms with van der Waals surface area (Å²) in [6.45, 7) is 2.93. The number of carbonyl (C=O) groups is 1. The van der Waals surface area contributed by atoms with Gasteiger partial charge in [0.15, 0.2) is 0 Å². The van der Waals surface area contributed by atoms with Crippen LogP contribution < -0.4 is 4.90 Å². The Hall–Kier alpha value is -2.10. The first kappa shape index (κ1) is 11.0. The molecular weight excluding hydrogens is 226 g/mol. The number of rotatable bonds is 2. The third-order valence-electron chi connectivity index (χ3n) is 3.33. The Kier molecular flexibility index (Phi) is 2.63. The van der Waals surface area contributed by atoms with Crippen molar-refractivity contribution in [3.05, 3.63) is 36.7 Å². The average molecular weight is 241 g/mol. The summed E-state index contributed by atoms with van der Waals surface area (Å²) in [5, 5.41) is 6.73. The molecule has 0 bridgehead atoms. The van der Waals surface area contributed by atoms with Gasteiger partial charge in [0.2, 0.25) is 5.91 Å². The first-order valence-electron chi connectivity index (χ1n) is 6.13. The molecule has 0 radical (unpaired) electrons. The Morgan fingerprint density at radius 2 is 2.06 bits per heavy atom. The Bertz CT molecular complexity index is 545. The Labute approximate surface area is 106 Å². The number of carbonyl (C=O) groups excluding carboxylic acids is 1. The second-order valence-corrected chi connectivity index (χ2v) is 4.85. The molecule has 1 amide bonds. The van der Waals surface area contributed by atoms with Crippen molar-refractivity contribution >= 4 is 11.6 Å². The van der Waals surface area contributed by atoms with Gasteiger partial charge in [-0.25, -0.2) is 0 Å². The van der Waals surface area contributed by atoms with Crippen molar-refractivity contribution in [2.75, 3.05) is 11.4 Å². The lowest BCUT2D eigenvalue weighted by atomic mass is 10.1. The molecule has 3 rings (SSSR count). The second kappa shape index (κ2) is 4.29. The highest BCUT2D eigenvalue weighted by Crippen LogP contribution is 2.27. The highest BCUT2D eigenvalue weighted by Gasteiger charge is 2.27. The van der Waals surface area contributed by atoms with Gasteiger partial charge in [-0.2, -0.15) is 5.10 Å². The van der Waals surface area contributed by atoms with Gasteiger partial charge in [0.05, 0.1) is 6.20 Å². The van der Waals surface area contributed by atoms with Gasteiger partial charge in [-0.05, 0) is 23.6 Å². The fourth-order valence-electron chi connectivity index (χ4n) is 2.38. The number of nitrogens with zero attached hydrogens (tertiary/aromatic N) is 2. The van der Waals surface area contributed by atoms with Crippen LogP contribution in [-0.2, 0) is 4.79 Å². The minimum Gasteiger partial charge on any atom is -0.312 e. The van der Waals surface area contributed by atoms with Crippen LogP contribution in [0.1, 0.15) is 13.3 Å². The summed E-state index contributed by atoms with van der Waals surface area (Å²) in [5.74, 6) is 0.671. The molecule has 1 N–H and O–H groups in total. The molecule has 4 heteroatoms. The summed E-state index contributed by atoms with van der Waals surface area (Å²) >= 11 is 0. The molecule has 1 fully saturated rings. The molecule has 18 heavy (non-hydrogen) atoms. The zero-order chi connectivity index (χ0) is 12.5. The molecule has 1 unspecified atom stereocenters. The van der Waals surface area contributed by atoms with Gasteiger partial charge in [-0.15, -0.1) is 0 Å². The fraction of sp³-hybridized carbons (Fsp3) is 0.286. The number of anilines is 1. The number of H-pyrrole nitrogens is 1. The number of benzene rings is 1. The predicted octanol–water partition coefficient (Wildman–Crippen LogP) is 2.45. The molecule has 4 nitrogen and oxygen atoms in total. The van der Waals surface area contributed by atoms with Gasteiger partial charge in [0.1, 0.15) is 0 Å². The topological polar surface area (TPSA) is 49.0 Å². The Morgan fingerprint density at radius 3 is 2.61 bits per heavy atom. The molecule has 1 aromatic carbocycles. The van der Waals surface area contributed by atoms with Crippen molar-refractivity contribution in [3.63, 3.8) is 0 Å². The molecule has 1 atom stereocenters. The minimum atomic E-state index is 0.221. The van der Waals surface area contributed by atoms with Gasteiger partial charge < -0.3 is 4.90 Å². The molecule has 1 aromatic heterocycles. The van der Waals surface area contributed by atoms with E-state index in [9.17, 15) is 4.79 Å². The monoisotopic (exact) mass is 241 g/mol. The third kappa shape index (κ3) is 1.90. The number of hydrogen-bond donors (Lipinski definition) is 1. The Balaban J connectivity index is 1.85. The quantitative estimate of drug-likeness (QED) is 0.878. The zero-order valence-corrected chi connectivity index (χ0v) is 10.3. The van der Waals surface area contributed by atoms with E-state index < -0.39 is 0 Å². The SMILES string of the molecule is CC1CC(=O)N(c2ccc(-c3cn[nH]c3)cc2)C1. The van der Waals surface area contributed by atoms with Crippen LogP contribution in [0.2, 0.25) is 0 Å². The van der Waals surface area contributed by atoms with E-state index in [1.54, 1.807) is 6.20 Å². The van der Waals surface area contributed by atoms with E-state index in [1.807, 2.05) is 35.4 Å². The molecule has 0 aliphatic carbocycles. The van der Waals surface area contributed by atoms with Gasteiger partial charge in [-0.1, -0.05) is 19.1 Å². The zero-order valence-electron chi connectivity index (χ0n) is 10.3. The van der Waals surface area contributed by atoms with Gasteiger partial charge in [-0.3, -0.25) is 9.89 Å². The maximum Gasteiger partial charge on any atom is 0.227 e.